The molecule has 2 aliphatic heterocycles. The standard InChI is InChI=1S/C12H11BrN2O5/c1-14-9-5-3-2-4-8(9)12(10(14)16)19-6-11(13,7-20-12)15(17)18/h2-5H,6-7H2,1H3. The average Bonchev–Trinajstić information content (AvgIpc) is 2.65. The van der Waals surface area contributed by atoms with E-state index in [0.717, 1.165) is 0 Å². The van der Waals surface area contributed by atoms with Crippen LogP contribution in [-0.2, 0) is 20.1 Å². The van der Waals surface area contributed by atoms with E-state index < -0.39 is 15.2 Å². The number of hydrogen-bond acceptors (Lipinski definition) is 5. The Kier molecular flexibility index (Phi) is 2.86. The second kappa shape index (κ2) is 4.24. The predicted molar refractivity (Wildman–Crippen MR) is 72.1 cm³/mol. The van der Waals surface area contributed by atoms with Crippen LogP contribution < -0.4 is 4.90 Å². The number of para-hydroxylation sites is 1. The Balaban J connectivity index is 2.00. The molecule has 7 nitrogen and oxygen atoms in total. The van der Waals surface area contributed by atoms with Gasteiger partial charge in [-0.05, 0) is 6.07 Å². The molecule has 1 amide bonds. The summed E-state index contributed by atoms with van der Waals surface area (Å²) in [5.74, 6) is -1.95. The zero-order valence-electron chi connectivity index (χ0n) is 10.5. The van der Waals surface area contributed by atoms with Gasteiger partial charge in [0.15, 0.2) is 0 Å². The van der Waals surface area contributed by atoms with Crippen molar-refractivity contribution in [2.45, 2.75) is 10.2 Å². The molecule has 0 atom stereocenters. The summed E-state index contributed by atoms with van der Waals surface area (Å²) in [6, 6.07) is 7.07. The Morgan fingerprint density at radius 3 is 2.55 bits per heavy atom. The van der Waals surface area contributed by atoms with Crippen LogP contribution >= 0.6 is 15.9 Å². The van der Waals surface area contributed by atoms with E-state index in [-0.39, 0.29) is 19.1 Å². The van der Waals surface area contributed by atoms with Gasteiger partial charge in [-0.3, -0.25) is 14.9 Å². The lowest BCUT2D eigenvalue weighted by Crippen LogP contribution is -2.56. The van der Waals surface area contributed by atoms with Gasteiger partial charge < -0.3 is 14.4 Å². The number of nitro groups is 1. The van der Waals surface area contributed by atoms with E-state index >= 15 is 0 Å². The lowest BCUT2D eigenvalue weighted by molar-refractivity contribution is -0.560. The predicted octanol–water partition coefficient (Wildman–Crippen LogP) is 1.23. The number of ether oxygens (including phenoxy) is 2. The van der Waals surface area contributed by atoms with Crippen LogP contribution in [0.4, 0.5) is 5.69 Å². The highest BCUT2D eigenvalue weighted by Gasteiger charge is 2.60. The second-order valence-corrected chi connectivity index (χ2v) is 6.23. The van der Waals surface area contributed by atoms with E-state index in [1.165, 1.54) is 4.90 Å². The molecular weight excluding hydrogens is 332 g/mol. The van der Waals surface area contributed by atoms with Crippen LogP contribution in [0.15, 0.2) is 24.3 Å². The van der Waals surface area contributed by atoms with Crippen molar-refractivity contribution in [3.63, 3.8) is 0 Å². The third-order valence-corrected chi connectivity index (χ3v) is 4.27. The molecule has 20 heavy (non-hydrogen) atoms. The van der Waals surface area contributed by atoms with Crippen LogP contribution in [-0.4, -0.2) is 35.5 Å². The van der Waals surface area contributed by atoms with Gasteiger partial charge in [-0.15, -0.1) is 0 Å². The van der Waals surface area contributed by atoms with Gasteiger partial charge in [0.25, 0.3) is 11.7 Å². The largest absolute Gasteiger partial charge is 0.330 e. The molecule has 1 aromatic carbocycles. The highest BCUT2D eigenvalue weighted by Crippen LogP contribution is 2.46. The van der Waals surface area contributed by atoms with Gasteiger partial charge in [-0.25, -0.2) is 0 Å². The third kappa shape index (κ3) is 1.62. The molecule has 8 heteroatoms. The van der Waals surface area contributed by atoms with Crippen LogP contribution in [0.1, 0.15) is 5.56 Å². The summed E-state index contributed by atoms with van der Waals surface area (Å²) in [6.45, 7) is -0.512. The smallest absolute Gasteiger partial charge is 0.320 e. The van der Waals surface area contributed by atoms with E-state index in [1.807, 2.05) is 0 Å². The zero-order chi connectivity index (χ0) is 14.5. The number of hydrogen-bond donors (Lipinski definition) is 0. The molecule has 0 saturated carbocycles. The Bertz CT molecular complexity index is 597. The lowest BCUT2D eigenvalue weighted by Gasteiger charge is -2.36. The quantitative estimate of drug-likeness (QED) is 0.332. The molecule has 0 radical (unpaired) electrons. The molecule has 106 valence electrons. The van der Waals surface area contributed by atoms with Gasteiger partial charge in [-0.2, -0.15) is 0 Å². The summed E-state index contributed by atoms with van der Waals surface area (Å²) in [6.07, 6.45) is 0. The molecule has 2 heterocycles. The number of fused-ring (bicyclic) bond motifs is 2. The van der Waals surface area contributed by atoms with Crippen LogP contribution in [0.5, 0.6) is 0 Å². The Labute approximate surface area is 122 Å². The normalized spacial score (nSPS) is 32.5. The summed E-state index contributed by atoms with van der Waals surface area (Å²) in [5, 5.41) is 11.0. The van der Waals surface area contributed by atoms with Crippen LogP contribution in [0.3, 0.4) is 0 Å². The fraction of sp³-hybridized carbons (Fsp3) is 0.417. The number of benzene rings is 1. The van der Waals surface area contributed by atoms with Crippen LogP contribution in [0.25, 0.3) is 0 Å². The SMILES string of the molecule is CN1C(=O)C2(OCC(Br)([N+](=O)[O-])CO2)c2ccccc21. The van der Waals surface area contributed by atoms with Crippen LogP contribution in [0.2, 0.25) is 0 Å². The molecule has 1 aromatic rings. The van der Waals surface area contributed by atoms with Crippen molar-refractivity contribution >= 4 is 27.5 Å². The first kappa shape index (κ1) is 13.5. The van der Waals surface area contributed by atoms with E-state index in [1.54, 1.807) is 31.3 Å². The minimum atomic E-state index is -1.57. The van der Waals surface area contributed by atoms with Crippen molar-refractivity contribution in [3.05, 3.63) is 39.9 Å². The fourth-order valence-electron chi connectivity index (χ4n) is 2.38. The molecule has 0 unspecified atom stereocenters. The van der Waals surface area contributed by atoms with E-state index in [4.69, 9.17) is 9.47 Å². The molecule has 2 aliphatic rings. The molecule has 1 fully saturated rings. The summed E-state index contributed by atoms with van der Waals surface area (Å²) in [4.78, 5) is 24.3. The van der Waals surface area contributed by atoms with Crippen molar-refractivity contribution in [1.82, 2.24) is 0 Å². The third-order valence-electron chi connectivity index (χ3n) is 3.53. The maximum Gasteiger partial charge on any atom is 0.320 e. The molecule has 0 aliphatic carbocycles. The molecule has 1 spiro atoms. The summed E-state index contributed by atoms with van der Waals surface area (Å²) in [5.41, 5.74) is 1.26. The van der Waals surface area contributed by atoms with E-state index in [2.05, 4.69) is 15.9 Å². The summed E-state index contributed by atoms with van der Waals surface area (Å²) >= 11 is 2.99. The van der Waals surface area contributed by atoms with Crippen molar-refractivity contribution in [2.24, 2.45) is 0 Å². The second-order valence-electron chi connectivity index (χ2n) is 4.75. The van der Waals surface area contributed by atoms with Gasteiger partial charge >= 0.3 is 4.45 Å². The molecule has 1 saturated heterocycles. The number of anilines is 1. The summed E-state index contributed by atoms with van der Waals surface area (Å²) in [7, 11) is 1.62. The first-order chi connectivity index (χ1) is 9.41. The minimum Gasteiger partial charge on any atom is -0.330 e. The Morgan fingerprint density at radius 2 is 1.95 bits per heavy atom. The fourth-order valence-corrected chi connectivity index (χ4v) is 2.61. The number of amides is 1. The number of rotatable bonds is 1. The van der Waals surface area contributed by atoms with Crippen molar-refractivity contribution < 1.29 is 19.2 Å². The minimum absolute atomic E-state index is 0.256. The lowest BCUT2D eigenvalue weighted by atomic mass is 10.1. The maximum atomic E-state index is 12.4. The van der Waals surface area contributed by atoms with Crippen molar-refractivity contribution in [2.75, 3.05) is 25.2 Å². The van der Waals surface area contributed by atoms with Gasteiger partial charge in [0.2, 0.25) is 0 Å². The Hall–Kier alpha value is -1.51. The Morgan fingerprint density at radius 1 is 1.35 bits per heavy atom. The molecule has 0 bridgehead atoms. The number of nitrogens with zero attached hydrogens (tertiary/aromatic N) is 2. The van der Waals surface area contributed by atoms with Crippen molar-refractivity contribution in [1.29, 1.82) is 0 Å². The van der Waals surface area contributed by atoms with Gasteiger partial charge in [0, 0.05) is 33.5 Å². The first-order valence-corrected chi connectivity index (χ1v) is 6.69. The number of halogens is 1. The topological polar surface area (TPSA) is 81.9 Å². The monoisotopic (exact) mass is 342 g/mol. The van der Waals surface area contributed by atoms with E-state index in [9.17, 15) is 14.9 Å². The molecule has 3 rings (SSSR count). The number of alkyl halides is 1. The van der Waals surface area contributed by atoms with Gasteiger partial charge in [0.05, 0.1) is 5.69 Å². The van der Waals surface area contributed by atoms with Gasteiger partial charge in [0.1, 0.15) is 13.2 Å². The number of carbonyl (C=O) groups is 1. The molecule has 0 aromatic heterocycles. The molecule has 0 N–H and O–H groups in total. The van der Waals surface area contributed by atoms with E-state index in [0.29, 0.717) is 11.3 Å². The highest BCUT2D eigenvalue weighted by molar-refractivity contribution is 9.10. The summed E-state index contributed by atoms with van der Waals surface area (Å²) < 4.78 is 9.50. The zero-order valence-corrected chi connectivity index (χ0v) is 12.1. The number of carbonyl (C=O) groups excluding carboxylic acids is 1. The van der Waals surface area contributed by atoms with Crippen LogP contribution in [0, 0.1) is 10.1 Å². The highest BCUT2D eigenvalue weighted by atomic mass is 79.9. The maximum absolute atomic E-state index is 12.4. The van der Waals surface area contributed by atoms with Gasteiger partial charge in [-0.1, -0.05) is 18.2 Å². The average molecular weight is 343 g/mol. The first-order valence-electron chi connectivity index (χ1n) is 5.90. The molecular formula is C12H11BrN2O5. The number of likely N-dealkylation sites (N-methyl/N-ethyl adjacent to an activating group) is 1. The van der Waals surface area contributed by atoms with Crippen molar-refractivity contribution in [3.8, 4) is 0 Å².